The van der Waals surface area contributed by atoms with E-state index in [4.69, 9.17) is 26.3 Å². The second-order valence-corrected chi connectivity index (χ2v) is 9.68. The third-order valence-corrected chi connectivity index (χ3v) is 6.89. The topological polar surface area (TPSA) is 63.1 Å². The summed E-state index contributed by atoms with van der Waals surface area (Å²) in [5.74, 6) is 0.924. The Morgan fingerprint density at radius 2 is 1.65 bits per heavy atom. The first kappa shape index (κ1) is 24.0. The van der Waals surface area contributed by atoms with Crippen LogP contribution in [0, 0.1) is 20.8 Å². The molecule has 174 valence electrons. The Balaban J connectivity index is 1.59. The fourth-order valence-corrected chi connectivity index (χ4v) is 4.51. The average molecular weight is 492 g/mol. The number of fused-ring (bicyclic) bond motifs is 1. The summed E-state index contributed by atoms with van der Waals surface area (Å²) in [6.07, 6.45) is 0.535. The molecule has 0 aliphatic carbocycles. The first-order valence-electron chi connectivity index (χ1n) is 10.9. The number of benzene rings is 3. The van der Waals surface area contributed by atoms with Gasteiger partial charge in [-0.25, -0.2) is 4.99 Å². The van der Waals surface area contributed by atoms with Crippen LogP contribution < -0.4 is 10.1 Å². The van der Waals surface area contributed by atoms with Crippen LogP contribution >= 0.6 is 23.4 Å². The number of halogens is 1. The monoisotopic (exact) mass is 491 g/mol. The Labute approximate surface area is 209 Å². The molecule has 0 saturated heterocycles. The molecule has 0 aromatic heterocycles. The molecule has 0 bridgehead atoms. The molecule has 3 aromatic rings. The van der Waals surface area contributed by atoms with Crippen molar-refractivity contribution < 1.29 is 9.53 Å². The highest BCUT2D eigenvalue weighted by molar-refractivity contribution is 8.14. The number of amides is 1. The minimum absolute atomic E-state index is 0.106. The number of rotatable bonds is 5. The number of carbonyl (C=O) groups is 1. The quantitative estimate of drug-likeness (QED) is 0.410. The molecule has 34 heavy (non-hydrogen) atoms. The van der Waals surface area contributed by atoms with Gasteiger partial charge in [-0.1, -0.05) is 17.7 Å². The molecule has 5 nitrogen and oxygen atoms in total. The lowest BCUT2D eigenvalue weighted by Crippen LogP contribution is -2.17. The summed E-state index contributed by atoms with van der Waals surface area (Å²) in [5, 5.41) is 4.38. The van der Waals surface area contributed by atoms with E-state index in [-0.39, 0.29) is 11.7 Å². The number of thioether (sulfide) groups is 1. The van der Waals surface area contributed by atoms with E-state index in [0.29, 0.717) is 11.4 Å². The highest BCUT2D eigenvalue weighted by Gasteiger charge is 2.18. The lowest BCUT2D eigenvalue weighted by molar-refractivity contribution is -0.113. The Kier molecular flexibility index (Phi) is 7.39. The summed E-state index contributed by atoms with van der Waals surface area (Å²) >= 11 is 7.51. The minimum Gasteiger partial charge on any atom is -0.497 e. The molecule has 1 aliphatic heterocycles. The van der Waals surface area contributed by atoms with Gasteiger partial charge in [0.15, 0.2) is 0 Å². The van der Waals surface area contributed by atoms with Crippen molar-refractivity contribution in [2.24, 2.45) is 9.98 Å². The molecule has 0 radical (unpaired) electrons. The highest BCUT2D eigenvalue weighted by Crippen LogP contribution is 2.36. The van der Waals surface area contributed by atoms with E-state index in [1.807, 2.05) is 43.3 Å². The summed E-state index contributed by atoms with van der Waals surface area (Å²) in [5.41, 5.74) is 7.56. The van der Waals surface area contributed by atoms with Crippen LogP contribution in [0.2, 0.25) is 5.02 Å². The van der Waals surface area contributed by atoms with Crippen molar-refractivity contribution in [3.05, 3.63) is 81.9 Å². The number of aliphatic imine (C=N–C) groups is 2. The van der Waals surface area contributed by atoms with Crippen molar-refractivity contribution in [2.75, 3.05) is 18.2 Å². The predicted molar refractivity (Wildman–Crippen MR) is 144 cm³/mol. The van der Waals surface area contributed by atoms with Gasteiger partial charge in [-0.3, -0.25) is 9.79 Å². The zero-order valence-corrected chi connectivity index (χ0v) is 21.2. The van der Waals surface area contributed by atoms with Crippen molar-refractivity contribution in [2.45, 2.75) is 27.2 Å². The van der Waals surface area contributed by atoms with Gasteiger partial charge in [0.05, 0.1) is 35.0 Å². The molecular weight excluding hydrogens is 466 g/mol. The maximum absolute atomic E-state index is 12.7. The fourth-order valence-electron chi connectivity index (χ4n) is 3.56. The molecule has 4 rings (SSSR count). The molecule has 0 atom stereocenters. The number of aryl methyl sites for hydroxylation is 3. The largest absolute Gasteiger partial charge is 0.497 e. The summed E-state index contributed by atoms with van der Waals surface area (Å²) in [6.45, 7) is 6.08. The van der Waals surface area contributed by atoms with E-state index in [0.717, 1.165) is 50.3 Å². The smallest absolute Gasteiger partial charge is 0.234 e. The van der Waals surface area contributed by atoms with Gasteiger partial charge in [0.2, 0.25) is 5.91 Å². The molecule has 1 amide bonds. The second kappa shape index (κ2) is 10.5. The van der Waals surface area contributed by atoms with Crippen molar-refractivity contribution in [1.82, 2.24) is 0 Å². The van der Waals surface area contributed by atoms with Crippen LogP contribution in [0.15, 0.2) is 64.6 Å². The van der Waals surface area contributed by atoms with Crippen molar-refractivity contribution >= 4 is 57.1 Å². The van der Waals surface area contributed by atoms with Crippen LogP contribution in [-0.4, -0.2) is 29.5 Å². The molecule has 1 aliphatic rings. The molecule has 0 saturated carbocycles. The lowest BCUT2D eigenvalue weighted by atomic mass is 10.1. The standard InChI is InChI=1S/C27H26ClN3O2S/c1-16-5-8-20(28)13-22(16)30-26(32)15-34-27-14-23(19-6-9-21(33-4)10-7-19)29-24-11-17(2)18(3)12-25(24)31-27/h5-13H,14-15H2,1-4H3,(H,30,32). The van der Waals surface area contributed by atoms with Crippen LogP contribution in [-0.2, 0) is 4.79 Å². The Hall–Kier alpha value is -3.09. The van der Waals surface area contributed by atoms with Gasteiger partial charge in [-0.2, -0.15) is 0 Å². The molecule has 0 spiro atoms. The SMILES string of the molecule is COc1ccc(C2=Nc3cc(C)c(C)cc3N=C(SCC(=O)Nc3cc(Cl)ccc3C)C2)cc1. The molecule has 0 fully saturated rings. The molecule has 0 unspecified atom stereocenters. The normalized spacial score (nSPS) is 12.9. The second-order valence-electron chi connectivity index (χ2n) is 8.19. The molecule has 1 N–H and O–H groups in total. The van der Waals surface area contributed by atoms with Gasteiger partial charge in [0, 0.05) is 17.1 Å². The number of ether oxygens (including phenoxy) is 1. The Morgan fingerprint density at radius 1 is 0.971 bits per heavy atom. The first-order chi connectivity index (χ1) is 16.3. The van der Waals surface area contributed by atoms with E-state index >= 15 is 0 Å². The number of methoxy groups -OCH3 is 1. The average Bonchev–Trinajstić information content (AvgIpc) is 2.99. The molecular formula is C27H26ClN3O2S. The van der Waals surface area contributed by atoms with E-state index in [1.165, 1.54) is 17.3 Å². The minimum atomic E-state index is -0.106. The maximum Gasteiger partial charge on any atom is 0.234 e. The van der Waals surface area contributed by atoms with Crippen molar-refractivity contribution in [3.63, 3.8) is 0 Å². The zero-order valence-electron chi connectivity index (χ0n) is 19.6. The predicted octanol–water partition coefficient (Wildman–Crippen LogP) is 7.20. The first-order valence-corrected chi connectivity index (χ1v) is 12.3. The van der Waals surface area contributed by atoms with Crippen LogP contribution in [0.5, 0.6) is 5.75 Å². The third kappa shape index (κ3) is 5.69. The Morgan fingerprint density at radius 3 is 2.32 bits per heavy atom. The number of anilines is 1. The van der Waals surface area contributed by atoms with E-state index in [9.17, 15) is 4.79 Å². The van der Waals surface area contributed by atoms with Gasteiger partial charge in [0.25, 0.3) is 0 Å². The van der Waals surface area contributed by atoms with Crippen molar-refractivity contribution in [3.8, 4) is 5.75 Å². The summed E-state index contributed by atoms with van der Waals surface area (Å²) in [7, 11) is 1.65. The van der Waals surface area contributed by atoms with Gasteiger partial charge >= 0.3 is 0 Å². The van der Waals surface area contributed by atoms with Crippen LogP contribution in [0.1, 0.15) is 28.7 Å². The number of hydrogen-bond acceptors (Lipinski definition) is 5. The number of carbonyl (C=O) groups excluding carboxylic acids is 1. The van der Waals surface area contributed by atoms with Gasteiger partial charge in [-0.05, 0) is 91.6 Å². The number of nitrogens with one attached hydrogen (secondary N) is 1. The number of hydrogen-bond donors (Lipinski definition) is 1. The molecule has 1 heterocycles. The van der Waals surface area contributed by atoms with Crippen LogP contribution in [0.25, 0.3) is 0 Å². The Bertz CT molecular complexity index is 1300. The fraction of sp³-hybridized carbons (Fsp3) is 0.222. The summed E-state index contributed by atoms with van der Waals surface area (Å²) in [6, 6.07) is 17.4. The molecule has 7 heteroatoms. The van der Waals surface area contributed by atoms with Gasteiger partial charge in [0.1, 0.15) is 5.75 Å². The van der Waals surface area contributed by atoms with Crippen molar-refractivity contribution in [1.29, 1.82) is 0 Å². The number of nitrogens with zero attached hydrogens (tertiary/aromatic N) is 2. The highest BCUT2D eigenvalue weighted by atomic mass is 35.5. The van der Waals surface area contributed by atoms with Gasteiger partial charge in [-0.15, -0.1) is 11.8 Å². The van der Waals surface area contributed by atoms with Crippen LogP contribution in [0.3, 0.4) is 0 Å². The lowest BCUT2D eigenvalue weighted by Gasteiger charge is -2.10. The van der Waals surface area contributed by atoms with Crippen LogP contribution in [0.4, 0.5) is 17.1 Å². The van der Waals surface area contributed by atoms with Gasteiger partial charge < -0.3 is 10.1 Å². The summed E-state index contributed by atoms with van der Waals surface area (Å²) in [4.78, 5) is 22.6. The third-order valence-electron chi connectivity index (χ3n) is 5.68. The molecule has 3 aromatic carbocycles. The van der Waals surface area contributed by atoms with E-state index in [1.54, 1.807) is 13.2 Å². The zero-order chi connectivity index (χ0) is 24.2. The van der Waals surface area contributed by atoms with E-state index < -0.39 is 0 Å². The maximum atomic E-state index is 12.7. The van der Waals surface area contributed by atoms with E-state index in [2.05, 4.69) is 31.3 Å². The summed E-state index contributed by atoms with van der Waals surface area (Å²) < 4.78 is 5.30.